The summed E-state index contributed by atoms with van der Waals surface area (Å²) in [6.07, 6.45) is 9.84. The summed E-state index contributed by atoms with van der Waals surface area (Å²) in [5, 5.41) is 1.54. The van der Waals surface area contributed by atoms with E-state index < -0.39 is 0 Å². The number of aryl methyl sites for hydroxylation is 2. The number of amides is 1. The van der Waals surface area contributed by atoms with Gasteiger partial charge in [-0.1, -0.05) is 67.4 Å². The summed E-state index contributed by atoms with van der Waals surface area (Å²) in [6.45, 7) is 0. The summed E-state index contributed by atoms with van der Waals surface area (Å²) in [6, 6.07) is 19.7. The van der Waals surface area contributed by atoms with Gasteiger partial charge in [-0.3, -0.25) is 19.1 Å². The molecule has 7 heteroatoms. The van der Waals surface area contributed by atoms with Crippen molar-refractivity contribution in [2.45, 2.75) is 69.0 Å². The normalized spacial score (nSPS) is 16.0. The lowest BCUT2D eigenvalue weighted by molar-refractivity contribution is -0.115. The molecule has 0 unspecified atom stereocenters. The highest BCUT2D eigenvalue weighted by Crippen LogP contribution is 2.37. The predicted molar refractivity (Wildman–Crippen MR) is 153 cm³/mol. The van der Waals surface area contributed by atoms with E-state index in [4.69, 9.17) is 4.98 Å². The van der Waals surface area contributed by atoms with E-state index in [2.05, 4.69) is 0 Å². The molecular weight excluding hydrogens is 498 g/mol. The van der Waals surface area contributed by atoms with Gasteiger partial charge < -0.3 is 0 Å². The molecule has 2 aliphatic carbocycles. The number of para-hydroxylation sites is 2. The average molecular weight is 530 g/mol. The fraction of sp³-hybridized carbons (Fsp3) is 0.367. The van der Waals surface area contributed by atoms with Crippen LogP contribution in [0.2, 0.25) is 0 Å². The first-order chi connectivity index (χ1) is 18.2. The fourth-order valence-corrected chi connectivity index (χ4v) is 7.96. The minimum Gasteiger partial charge on any atom is -0.284 e. The van der Waals surface area contributed by atoms with Crippen LogP contribution in [0.3, 0.4) is 0 Å². The molecule has 1 saturated carbocycles. The predicted octanol–water partition coefficient (Wildman–Crippen LogP) is 7.30. The number of benzene rings is 2. The number of thioether (sulfide) groups is 1. The number of hydrogen-bond acceptors (Lipinski definition) is 5. The SMILES string of the molecule is O=C(CSc1nc2sc3c(c2c(=O)n1C1CCCCC1)CCCC3)N(c1ccccc1)c1ccccc1. The van der Waals surface area contributed by atoms with Gasteiger partial charge in [0, 0.05) is 22.3 Å². The topological polar surface area (TPSA) is 55.2 Å². The Hall–Kier alpha value is -2.90. The highest BCUT2D eigenvalue weighted by Gasteiger charge is 2.27. The van der Waals surface area contributed by atoms with Crippen molar-refractivity contribution in [3.8, 4) is 0 Å². The van der Waals surface area contributed by atoms with Crippen molar-refractivity contribution >= 4 is 50.6 Å². The molecule has 2 aromatic carbocycles. The molecule has 0 radical (unpaired) electrons. The van der Waals surface area contributed by atoms with Crippen LogP contribution >= 0.6 is 23.1 Å². The van der Waals surface area contributed by atoms with Crippen molar-refractivity contribution in [1.29, 1.82) is 0 Å². The largest absolute Gasteiger partial charge is 0.284 e. The monoisotopic (exact) mass is 529 g/mol. The zero-order valence-corrected chi connectivity index (χ0v) is 22.5. The molecule has 6 rings (SSSR count). The van der Waals surface area contributed by atoms with Gasteiger partial charge in [-0.15, -0.1) is 11.3 Å². The number of carbonyl (C=O) groups is 1. The van der Waals surface area contributed by atoms with Gasteiger partial charge >= 0.3 is 0 Å². The van der Waals surface area contributed by atoms with Crippen molar-refractivity contribution in [2.24, 2.45) is 0 Å². The van der Waals surface area contributed by atoms with Gasteiger partial charge in [0.1, 0.15) is 4.83 Å². The van der Waals surface area contributed by atoms with Crippen molar-refractivity contribution in [3.63, 3.8) is 0 Å². The Morgan fingerprint density at radius 3 is 2.24 bits per heavy atom. The molecule has 0 spiro atoms. The van der Waals surface area contributed by atoms with Gasteiger partial charge in [-0.05, 0) is 68.4 Å². The molecule has 37 heavy (non-hydrogen) atoms. The summed E-state index contributed by atoms with van der Waals surface area (Å²) in [5.74, 6) is 0.178. The van der Waals surface area contributed by atoms with E-state index in [9.17, 15) is 9.59 Å². The molecular formula is C30H31N3O2S2. The van der Waals surface area contributed by atoms with Crippen LogP contribution in [0.25, 0.3) is 10.2 Å². The number of nitrogens with zero attached hydrogens (tertiary/aromatic N) is 3. The molecule has 0 aliphatic heterocycles. The first kappa shape index (κ1) is 24.4. The smallest absolute Gasteiger partial charge is 0.263 e. The van der Waals surface area contributed by atoms with Crippen LogP contribution in [0.4, 0.5) is 11.4 Å². The fourth-order valence-electron chi connectivity index (χ4n) is 5.74. The van der Waals surface area contributed by atoms with E-state index in [1.165, 1.54) is 35.0 Å². The zero-order chi connectivity index (χ0) is 25.2. The first-order valence-electron chi connectivity index (χ1n) is 13.3. The average Bonchev–Trinajstić information content (AvgIpc) is 3.32. The number of carbonyl (C=O) groups excluding carboxylic acids is 1. The highest BCUT2D eigenvalue weighted by atomic mass is 32.2. The van der Waals surface area contributed by atoms with Crippen LogP contribution in [-0.2, 0) is 17.6 Å². The number of fused-ring (bicyclic) bond motifs is 3. The van der Waals surface area contributed by atoms with Crippen LogP contribution in [-0.4, -0.2) is 21.2 Å². The second-order valence-electron chi connectivity index (χ2n) is 9.94. The second-order valence-corrected chi connectivity index (χ2v) is 12.0. The van der Waals surface area contributed by atoms with Crippen molar-refractivity contribution < 1.29 is 4.79 Å². The number of thiophene rings is 1. The maximum atomic E-state index is 14.0. The standard InChI is InChI=1S/C30H31N3O2S2/c34-26(32(21-12-4-1-5-13-21)22-14-6-2-7-15-22)20-36-30-31-28-27(24-18-10-11-19-25(24)37-28)29(35)33(30)23-16-8-3-9-17-23/h1-2,4-7,12-15,23H,3,8-11,16-20H2. The third-order valence-electron chi connectivity index (χ3n) is 7.53. The molecule has 2 aromatic heterocycles. The van der Waals surface area contributed by atoms with Crippen LogP contribution in [0.1, 0.15) is 61.4 Å². The molecule has 0 N–H and O–H groups in total. The third kappa shape index (κ3) is 4.87. The van der Waals surface area contributed by atoms with Crippen molar-refractivity contribution in [2.75, 3.05) is 10.7 Å². The summed E-state index contributed by atoms with van der Waals surface area (Å²) in [5.41, 5.74) is 3.01. The Bertz CT molecular complexity index is 1420. The molecule has 2 heterocycles. The lowest BCUT2D eigenvalue weighted by Gasteiger charge is -2.26. The van der Waals surface area contributed by atoms with Crippen molar-refractivity contribution in [1.82, 2.24) is 9.55 Å². The molecule has 1 fully saturated rings. The summed E-state index contributed by atoms with van der Waals surface area (Å²) >= 11 is 3.09. The quantitative estimate of drug-likeness (QED) is 0.194. The summed E-state index contributed by atoms with van der Waals surface area (Å²) < 4.78 is 1.95. The maximum absolute atomic E-state index is 14.0. The number of hydrogen-bond donors (Lipinski definition) is 0. The van der Waals surface area contributed by atoms with Gasteiger partial charge in [0.15, 0.2) is 5.16 Å². The zero-order valence-electron chi connectivity index (χ0n) is 20.9. The van der Waals surface area contributed by atoms with Crippen LogP contribution in [0.5, 0.6) is 0 Å². The molecule has 0 bridgehead atoms. The molecule has 0 atom stereocenters. The number of anilines is 2. The number of rotatable bonds is 6. The summed E-state index contributed by atoms with van der Waals surface area (Å²) in [7, 11) is 0. The van der Waals surface area contributed by atoms with E-state index in [1.54, 1.807) is 16.2 Å². The molecule has 2 aliphatic rings. The first-order valence-corrected chi connectivity index (χ1v) is 15.1. The van der Waals surface area contributed by atoms with E-state index in [1.807, 2.05) is 65.2 Å². The van der Waals surface area contributed by atoms with E-state index in [-0.39, 0.29) is 23.3 Å². The van der Waals surface area contributed by atoms with Gasteiger partial charge in [-0.25, -0.2) is 4.98 Å². The lowest BCUT2D eigenvalue weighted by Crippen LogP contribution is -2.31. The molecule has 4 aromatic rings. The molecule has 0 saturated heterocycles. The van der Waals surface area contributed by atoms with Crippen molar-refractivity contribution in [3.05, 3.63) is 81.5 Å². The Balaban J connectivity index is 1.37. The van der Waals surface area contributed by atoms with Crippen LogP contribution in [0, 0.1) is 0 Å². The Labute approximate surface area is 225 Å². The summed E-state index contributed by atoms with van der Waals surface area (Å²) in [4.78, 5) is 36.7. The highest BCUT2D eigenvalue weighted by molar-refractivity contribution is 7.99. The maximum Gasteiger partial charge on any atom is 0.263 e. The van der Waals surface area contributed by atoms with Gasteiger partial charge in [0.05, 0.1) is 11.1 Å². The Morgan fingerprint density at radius 2 is 1.57 bits per heavy atom. The minimum atomic E-state index is -0.0302. The van der Waals surface area contributed by atoms with E-state index in [0.29, 0.717) is 5.16 Å². The van der Waals surface area contributed by atoms with Crippen LogP contribution in [0.15, 0.2) is 70.6 Å². The minimum absolute atomic E-state index is 0.0302. The Kier molecular flexibility index (Phi) is 7.16. The lowest BCUT2D eigenvalue weighted by atomic mass is 9.94. The number of aromatic nitrogens is 2. The van der Waals surface area contributed by atoms with Crippen LogP contribution < -0.4 is 10.5 Å². The second kappa shape index (κ2) is 10.8. The molecule has 190 valence electrons. The van der Waals surface area contributed by atoms with E-state index >= 15 is 0 Å². The molecule has 5 nitrogen and oxygen atoms in total. The van der Waals surface area contributed by atoms with Gasteiger partial charge in [0.25, 0.3) is 5.56 Å². The van der Waals surface area contributed by atoms with Gasteiger partial charge in [0.2, 0.25) is 5.91 Å². The molecule has 1 amide bonds. The van der Waals surface area contributed by atoms with E-state index in [0.717, 1.165) is 66.5 Å². The Morgan fingerprint density at radius 1 is 0.919 bits per heavy atom. The van der Waals surface area contributed by atoms with Gasteiger partial charge in [-0.2, -0.15) is 0 Å². The third-order valence-corrected chi connectivity index (χ3v) is 9.65.